The summed E-state index contributed by atoms with van der Waals surface area (Å²) in [4.78, 5) is 32.1. The highest BCUT2D eigenvalue weighted by Crippen LogP contribution is 2.63. The lowest BCUT2D eigenvalue weighted by Gasteiger charge is -2.57. The number of imidazole rings is 1. The van der Waals surface area contributed by atoms with Crippen molar-refractivity contribution in [1.29, 1.82) is 0 Å². The number of carbonyl (C=O) groups excluding carboxylic acids is 1. The zero-order valence-corrected chi connectivity index (χ0v) is 44.4. The lowest BCUT2D eigenvalue weighted by molar-refractivity contribution is -0.154. The minimum Gasteiger partial charge on any atom is -0.457 e. The maximum absolute atomic E-state index is 17.4. The van der Waals surface area contributed by atoms with Gasteiger partial charge in [-0.2, -0.15) is 0 Å². The van der Waals surface area contributed by atoms with E-state index in [2.05, 4.69) is 151 Å². The molecule has 4 saturated heterocycles. The largest absolute Gasteiger partial charge is 0.457 e. The highest BCUT2D eigenvalue weighted by Gasteiger charge is 2.77. The van der Waals surface area contributed by atoms with Crippen LogP contribution in [0, 0.1) is 16.7 Å². The van der Waals surface area contributed by atoms with Gasteiger partial charge in [-0.05, 0) is 139 Å². The predicted octanol–water partition coefficient (Wildman–Crippen LogP) is 8.73. The number of rotatable bonds is 14. The predicted molar refractivity (Wildman–Crippen MR) is 285 cm³/mol. The Hall–Kier alpha value is -4.14. The van der Waals surface area contributed by atoms with Gasteiger partial charge in [0, 0.05) is 95.7 Å². The van der Waals surface area contributed by atoms with E-state index in [-0.39, 0.29) is 66.9 Å². The van der Waals surface area contributed by atoms with Gasteiger partial charge in [0.2, 0.25) is 0 Å². The number of benzene rings is 4. The third kappa shape index (κ3) is 8.68. The van der Waals surface area contributed by atoms with Gasteiger partial charge >= 0.3 is 0 Å². The van der Waals surface area contributed by atoms with Crippen LogP contribution in [0.5, 0.6) is 11.5 Å². The zero-order chi connectivity index (χ0) is 49.9. The first-order valence-corrected chi connectivity index (χ1v) is 26.8. The molecule has 1 aromatic heterocycles. The van der Waals surface area contributed by atoms with E-state index in [0.29, 0.717) is 35.3 Å². The first-order chi connectivity index (χ1) is 34.2. The molecule has 7 unspecified atom stereocenters. The molecule has 13 heteroatoms. The molecule has 4 aliphatic heterocycles. The molecule has 1 saturated carbocycles. The minimum atomic E-state index is -0.852. The van der Waals surface area contributed by atoms with Crippen LogP contribution in [-0.4, -0.2) is 136 Å². The topological polar surface area (TPSA) is 101 Å². The number of Topliss-reactive ketones (excluding diaryl/α,β-unsaturated/α-hetero) is 1. The van der Waals surface area contributed by atoms with Crippen molar-refractivity contribution in [2.24, 2.45) is 23.8 Å². The van der Waals surface area contributed by atoms with Crippen molar-refractivity contribution in [3.63, 3.8) is 0 Å². The number of aliphatic hydroxyl groups excluding tert-OH is 1. The number of aromatic nitrogens is 2. The molecule has 4 aromatic carbocycles. The van der Waals surface area contributed by atoms with E-state index in [1.165, 1.54) is 11.1 Å². The Bertz CT molecular complexity index is 2670. The van der Waals surface area contributed by atoms with Gasteiger partial charge in [0.1, 0.15) is 17.3 Å². The molecule has 12 atom stereocenters. The van der Waals surface area contributed by atoms with E-state index < -0.39 is 10.8 Å². The number of ether oxygens (including phenoxy) is 1. The molecule has 1 aliphatic carbocycles. The molecule has 1 spiro atoms. The monoisotopic (exact) mass is 1000 g/mol. The Morgan fingerprint density at radius 2 is 1.59 bits per heavy atom. The molecule has 0 amide bonds. The van der Waals surface area contributed by atoms with Gasteiger partial charge in [-0.25, -0.2) is 4.98 Å². The number of aliphatic hydroxyl groups is 1. The standard InChI is InChI=1S/C58H74Cl2N8O3/c1-9-47-53-58-50(30-44(27-38-16-21-42(59)22-17-38)66(7)55(58)46(35-69)63-53)61-31-36(3)65(6)54-41(26-37-14-12-11-13-15-37)28-51(57(54,10-2)56(58)70)68(47)33-40-18-23-43(60)29-49(40)71-45-24-19-39(20-25-45)48-32-62-52(67(48)8)34-64(4)5/h11-25,29,32,36,41,44,46-47,50-51,53-55,61,63,69H,9-10,26-28,30-31,33-35H2,1-8H3/t36-,41+,44-,46+,47-,50?,51?,53?,54?,55?,57?,58?/m0/s1. The van der Waals surface area contributed by atoms with Crippen LogP contribution in [0.25, 0.3) is 11.3 Å². The van der Waals surface area contributed by atoms with Gasteiger partial charge in [-0.3, -0.25) is 19.5 Å². The van der Waals surface area contributed by atoms with Crippen LogP contribution in [0.3, 0.4) is 0 Å². The molecule has 5 aliphatic rings. The molecule has 10 rings (SSSR count). The van der Waals surface area contributed by atoms with E-state index in [0.717, 1.165) is 72.9 Å². The third-order valence-electron chi connectivity index (χ3n) is 18.0. The smallest absolute Gasteiger partial charge is 0.153 e. The van der Waals surface area contributed by atoms with Crippen molar-refractivity contribution in [2.45, 2.75) is 127 Å². The molecular weight excluding hydrogens is 928 g/mol. The number of ketones is 1. The molecule has 71 heavy (non-hydrogen) atoms. The maximum Gasteiger partial charge on any atom is 0.153 e. The van der Waals surface area contributed by atoms with Gasteiger partial charge in [0.25, 0.3) is 0 Å². The second kappa shape index (κ2) is 20.3. The Balaban J connectivity index is 1.10. The molecule has 2 bridgehead atoms. The van der Waals surface area contributed by atoms with E-state index in [1.807, 2.05) is 42.6 Å². The van der Waals surface area contributed by atoms with E-state index in [4.69, 9.17) is 32.9 Å². The third-order valence-corrected chi connectivity index (χ3v) is 18.5. The van der Waals surface area contributed by atoms with Gasteiger partial charge < -0.3 is 29.9 Å². The summed E-state index contributed by atoms with van der Waals surface area (Å²) < 4.78 is 9.06. The number of likely N-dealkylation sites (N-methyl/N-ethyl adjacent to an activating group) is 2. The van der Waals surface area contributed by atoms with E-state index >= 15 is 4.79 Å². The summed E-state index contributed by atoms with van der Waals surface area (Å²) >= 11 is 13.3. The fraction of sp³-hybridized carbons (Fsp3) is 0.517. The molecule has 3 N–H and O–H groups in total. The SMILES string of the molecule is CC[C@H]1C2N[C@H](CO)C3N(C)[C@@H](Cc4ccc(Cl)cc4)CC4NC[C@H](C)N(C)C5[C@H](Cc6ccccc6)CC(N1Cc1ccc(Cl)cc1Oc1ccc(-c6cnc(CN(C)C)n6C)cc1)C5(CC)C(=O)C423. The van der Waals surface area contributed by atoms with Gasteiger partial charge in [0.15, 0.2) is 5.78 Å². The number of hydrogen-bond donors (Lipinski definition) is 3. The summed E-state index contributed by atoms with van der Waals surface area (Å²) in [5.41, 5.74) is 4.05. The van der Waals surface area contributed by atoms with Crippen LogP contribution in [0.2, 0.25) is 10.0 Å². The van der Waals surface area contributed by atoms with Crippen LogP contribution in [-0.2, 0) is 37.8 Å². The quantitative estimate of drug-likeness (QED) is 0.100. The Morgan fingerprint density at radius 1 is 0.873 bits per heavy atom. The maximum atomic E-state index is 17.4. The molecule has 0 radical (unpaired) electrons. The fourth-order valence-corrected chi connectivity index (χ4v) is 15.1. The Kier molecular flexibility index (Phi) is 14.4. The second-order valence-corrected chi connectivity index (χ2v) is 22.8. The highest BCUT2D eigenvalue weighted by atomic mass is 35.5. The molecule has 5 fully saturated rings. The lowest BCUT2D eigenvalue weighted by Crippen LogP contribution is -2.73. The number of nitrogens with zero attached hydrogens (tertiary/aromatic N) is 6. The summed E-state index contributed by atoms with van der Waals surface area (Å²) in [6.45, 7) is 8.96. The zero-order valence-electron chi connectivity index (χ0n) is 42.9. The lowest BCUT2D eigenvalue weighted by atomic mass is 9.54. The molecule has 5 heterocycles. The first kappa shape index (κ1) is 50.4. The van der Waals surface area contributed by atoms with Crippen LogP contribution in [0.15, 0.2) is 103 Å². The molecule has 5 aromatic rings. The summed E-state index contributed by atoms with van der Waals surface area (Å²) in [7, 11) is 10.7. The highest BCUT2D eigenvalue weighted by molar-refractivity contribution is 6.31. The number of piperidine rings is 1. The first-order valence-electron chi connectivity index (χ1n) is 26.1. The van der Waals surface area contributed by atoms with Crippen molar-refractivity contribution in [3.05, 3.63) is 136 Å². The number of nitrogens with one attached hydrogen (secondary N) is 2. The second-order valence-electron chi connectivity index (χ2n) is 21.9. The summed E-state index contributed by atoms with van der Waals surface area (Å²) in [6.07, 6.45) is 6.85. The van der Waals surface area contributed by atoms with Crippen LogP contribution >= 0.6 is 23.2 Å². The Morgan fingerprint density at radius 3 is 2.28 bits per heavy atom. The summed E-state index contributed by atoms with van der Waals surface area (Å²) in [5.74, 6) is 3.01. The van der Waals surface area contributed by atoms with E-state index in [1.54, 1.807) is 0 Å². The van der Waals surface area contributed by atoms with Gasteiger partial charge in [-0.15, -0.1) is 0 Å². The minimum absolute atomic E-state index is 0.0300. The summed E-state index contributed by atoms with van der Waals surface area (Å²) in [5, 5.41) is 21.2. The number of carbonyl (C=O) groups is 1. The summed E-state index contributed by atoms with van der Waals surface area (Å²) in [6, 6.07) is 32.6. The Labute approximate surface area is 431 Å². The molecule has 11 nitrogen and oxygen atoms in total. The number of hydrogen-bond acceptors (Lipinski definition) is 10. The van der Waals surface area contributed by atoms with Crippen molar-refractivity contribution >= 4 is 29.0 Å². The fourth-order valence-electron chi connectivity index (χ4n) is 14.8. The van der Waals surface area contributed by atoms with Crippen molar-refractivity contribution in [3.8, 4) is 22.8 Å². The van der Waals surface area contributed by atoms with Gasteiger partial charge in [0.05, 0.1) is 35.9 Å². The van der Waals surface area contributed by atoms with Crippen LogP contribution in [0.4, 0.5) is 0 Å². The number of likely N-dealkylation sites (tertiary alicyclic amines) is 2. The average molecular weight is 1000 g/mol. The average Bonchev–Trinajstić information content (AvgIpc) is 4.01. The van der Waals surface area contributed by atoms with Gasteiger partial charge in [-0.1, -0.05) is 85.6 Å². The van der Waals surface area contributed by atoms with E-state index in [9.17, 15) is 5.11 Å². The van der Waals surface area contributed by atoms with Crippen LogP contribution < -0.4 is 15.4 Å². The van der Waals surface area contributed by atoms with Crippen molar-refractivity contribution < 1.29 is 14.6 Å². The van der Waals surface area contributed by atoms with Crippen molar-refractivity contribution in [1.82, 2.24) is 39.8 Å². The van der Waals surface area contributed by atoms with Crippen LogP contribution in [0.1, 0.15) is 69.0 Å². The molecular formula is C58H74Cl2N8O3. The van der Waals surface area contributed by atoms with Crippen molar-refractivity contribution in [2.75, 3.05) is 41.3 Å². The number of halogens is 2. The molecule has 378 valence electrons. The normalized spacial score (nSPS) is 32.1.